The largest absolute Gasteiger partial charge is 0.379 e. The molecule has 1 heterocycles. The number of alkyl halides is 1. The van der Waals surface area contributed by atoms with Gasteiger partial charge in [0.1, 0.15) is 0 Å². The van der Waals surface area contributed by atoms with Gasteiger partial charge in [-0.1, -0.05) is 29.3 Å². The zero-order valence-electron chi connectivity index (χ0n) is 11.9. The van der Waals surface area contributed by atoms with Gasteiger partial charge >= 0.3 is 0 Å². The summed E-state index contributed by atoms with van der Waals surface area (Å²) in [5.41, 5.74) is 0. The van der Waals surface area contributed by atoms with Crippen LogP contribution in [0.5, 0.6) is 0 Å². The second-order valence-corrected chi connectivity index (χ2v) is 7.04. The van der Waals surface area contributed by atoms with E-state index >= 15 is 0 Å². The van der Waals surface area contributed by atoms with Crippen molar-refractivity contribution in [3.05, 3.63) is 0 Å². The predicted octanol–water partition coefficient (Wildman–Crippen LogP) is 3.35. The minimum atomic E-state index is 0.675. The smallest absolute Gasteiger partial charge is 0.0701 e. The van der Waals surface area contributed by atoms with E-state index in [2.05, 4.69) is 22.9 Å². The molecule has 0 radical (unpaired) electrons. The Kier molecular flexibility index (Phi) is 11.6. The van der Waals surface area contributed by atoms with E-state index in [1.165, 1.54) is 17.9 Å². The van der Waals surface area contributed by atoms with Crippen molar-refractivity contribution in [2.75, 3.05) is 51.1 Å². The van der Waals surface area contributed by atoms with Crippen LogP contribution in [-0.4, -0.2) is 56.0 Å². The Bertz CT molecular complexity index is 207. The van der Waals surface area contributed by atoms with Crippen LogP contribution in [0.3, 0.4) is 0 Å². The molecular weight excluding hydrogens is 328 g/mol. The summed E-state index contributed by atoms with van der Waals surface area (Å²) in [5.74, 6) is 3.29. The molecule has 0 spiro atoms. The monoisotopic (exact) mass is 354 g/mol. The third-order valence-electron chi connectivity index (χ3n) is 3.14. The molecule has 114 valence electrons. The molecule has 5 heteroatoms. The molecule has 0 N–H and O–H groups in total. The second-order valence-electron chi connectivity index (χ2n) is 4.79. The van der Waals surface area contributed by atoms with Crippen LogP contribution < -0.4 is 0 Å². The zero-order valence-corrected chi connectivity index (χ0v) is 14.3. The lowest BCUT2D eigenvalue weighted by Gasteiger charge is -2.12. The van der Waals surface area contributed by atoms with Crippen molar-refractivity contribution < 1.29 is 14.2 Å². The van der Waals surface area contributed by atoms with Crippen molar-refractivity contribution in [3.8, 4) is 0 Å². The molecule has 0 saturated carbocycles. The Morgan fingerprint density at radius 3 is 2.16 bits per heavy atom. The predicted molar refractivity (Wildman–Crippen MR) is 85.5 cm³/mol. The van der Waals surface area contributed by atoms with E-state index in [1.807, 2.05) is 11.8 Å². The lowest BCUT2D eigenvalue weighted by atomic mass is 10.1. The maximum atomic E-state index is 5.59. The average Bonchev–Trinajstić information content (AvgIpc) is 2.82. The molecule has 2 atom stereocenters. The average molecular weight is 355 g/mol. The quantitative estimate of drug-likeness (QED) is 0.396. The molecule has 1 fully saturated rings. The lowest BCUT2D eigenvalue weighted by molar-refractivity contribution is 0.0123. The summed E-state index contributed by atoms with van der Waals surface area (Å²) >= 11 is 5.75. The first kappa shape index (κ1) is 17.8. The van der Waals surface area contributed by atoms with Crippen molar-refractivity contribution in [1.29, 1.82) is 0 Å². The Hall–Kier alpha value is 0.710. The van der Waals surface area contributed by atoms with Crippen LogP contribution in [-0.2, 0) is 14.2 Å². The third-order valence-corrected chi connectivity index (χ3v) is 5.90. The van der Waals surface area contributed by atoms with E-state index < -0.39 is 0 Å². The molecule has 0 aromatic rings. The van der Waals surface area contributed by atoms with Gasteiger partial charge in [-0.3, -0.25) is 0 Å². The van der Waals surface area contributed by atoms with Crippen molar-refractivity contribution in [2.24, 2.45) is 5.92 Å². The molecule has 2 unspecified atom stereocenters. The van der Waals surface area contributed by atoms with Crippen molar-refractivity contribution in [1.82, 2.24) is 0 Å². The number of hydrogen-bond acceptors (Lipinski definition) is 4. The van der Waals surface area contributed by atoms with Crippen LogP contribution in [0.15, 0.2) is 0 Å². The van der Waals surface area contributed by atoms with E-state index in [0.29, 0.717) is 31.3 Å². The van der Waals surface area contributed by atoms with E-state index in [0.717, 1.165) is 32.0 Å². The highest BCUT2D eigenvalue weighted by Crippen LogP contribution is 2.31. The van der Waals surface area contributed by atoms with E-state index in [9.17, 15) is 0 Å². The molecule has 3 nitrogen and oxygen atoms in total. The molecule has 0 aromatic heterocycles. The number of thioether (sulfide) groups is 1. The highest BCUT2D eigenvalue weighted by Gasteiger charge is 2.24. The van der Waals surface area contributed by atoms with Crippen molar-refractivity contribution in [3.63, 3.8) is 0 Å². The van der Waals surface area contributed by atoms with Crippen LogP contribution >= 0.6 is 27.7 Å². The molecule has 0 amide bonds. The van der Waals surface area contributed by atoms with Gasteiger partial charge in [-0.2, -0.15) is 11.8 Å². The van der Waals surface area contributed by atoms with E-state index in [-0.39, 0.29) is 0 Å². The van der Waals surface area contributed by atoms with Gasteiger partial charge in [0, 0.05) is 23.8 Å². The van der Waals surface area contributed by atoms with Gasteiger partial charge in [0.05, 0.1) is 26.4 Å². The van der Waals surface area contributed by atoms with Crippen molar-refractivity contribution in [2.45, 2.75) is 31.0 Å². The van der Waals surface area contributed by atoms with Gasteiger partial charge in [0.25, 0.3) is 0 Å². The van der Waals surface area contributed by atoms with Crippen LogP contribution in [0.2, 0.25) is 0 Å². The van der Waals surface area contributed by atoms with Gasteiger partial charge in [-0.05, 0) is 24.5 Å². The SMILES string of the molecule is CCCCOCCOCCOCCC1CSCC1Br. The third kappa shape index (κ3) is 9.29. The number of rotatable bonds is 12. The highest BCUT2D eigenvalue weighted by molar-refractivity contribution is 9.09. The fourth-order valence-corrected chi connectivity index (χ4v) is 4.45. The summed E-state index contributed by atoms with van der Waals surface area (Å²) in [6.45, 7) is 6.61. The minimum absolute atomic E-state index is 0.675. The first-order chi connectivity index (χ1) is 9.34. The van der Waals surface area contributed by atoms with Crippen molar-refractivity contribution >= 4 is 27.7 Å². The molecule has 1 aliphatic heterocycles. The van der Waals surface area contributed by atoms with Crippen LogP contribution in [0.25, 0.3) is 0 Å². The first-order valence-corrected chi connectivity index (χ1v) is 9.36. The van der Waals surface area contributed by atoms with Gasteiger partial charge in [0.15, 0.2) is 0 Å². The summed E-state index contributed by atoms with van der Waals surface area (Å²) in [5, 5.41) is 0. The summed E-state index contributed by atoms with van der Waals surface area (Å²) in [4.78, 5) is 0.678. The number of halogens is 1. The van der Waals surface area contributed by atoms with E-state index in [4.69, 9.17) is 14.2 Å². The summed E-state index contributed by atoms with van der Waals surface area (Å²) in [6, 6.07) is 0. The Morgan fingerprint density at radius 1 is 0.947 bits per heavy atom. The number of hydrogen-bond donors (Lipinski definition) is 0. The number of unbranched alkanes of at least 4 members (excludes halogenated alkanes) is 1. The molecular formula is C14H27BrO3S. The van der Waals surface area contributed by atoms with Gasteiger partial charge in [-0.25, -0.2) is 0 Å². The highest BCUT2D eigenvalue weighted by atomic mass is 79.9. The molecule has 0 aliphatic carbocycles. The summed E-state index contributed by atoms with van der Waals surface area (Å²) in [6.07, 6.45) is 3.48. The van der Waals surface area contributed by atoms with E-state index in [1.54, 1.807) is 0 Å². The van der Waals surface area contributed by atoms with Gasteiger partial charge in [0.2, 0.25) is 0 Å². The minimum Gasteiger partial charge on any atom is -0.379 e. The molecule has 19 heavy (non-hydrogen) atoms. The first-order valence-electron chi connectivity index (χ1n) is 7.29. The number of ether oxygens (including phenoxy) is 3. The Labute approximate surface area is 130 Å². The second kappa shape index (κ2) is 12.5. The molecule has 0 bridgehead atoms. The fourth-order valence-electron chi connectivity index (χ4n) is 1.86. The maximum absolute atomic E-state index is 5.59. The fraction of sp³-hybridized carbons (Fsp3) is 1.00. The molecule has 1 saturated heterocycles. The van der Waals surface area contributed by atoms with Crippen LogP contribution in [0.1, 0.15) is 26.2 Å². The standard InChI is InChI=1S/C14H27BrO3S/c1-2-3-5-16-7-9-18-10-8-17-6-4-13-11-19-12-14(13)15/h13-14H,2-12H2,1H3. The summed E-state index contributed by atoms with van der Waals surface area (Å²) < 4.78 is 16.4. The zero-order chi connectivity index (χ0) is 13.8. The molecule has 0 aromatic carbocycles. The normalized spacial score (nSPS) is 23.1. The van der Waals surface area contributed by atoms with Crippen LogP contribution in [0, 0.1) is 5.92 Å². The molecule has 1 rings (SSSR count). The van der Waals surface area contributed by atoms with Gasteiger partial charge < -0.3 is 14.2 Å². The molecule has 1 aliphatic rings. The maximum Gasteiger partial charge on any atom is 0.0701 e. The Balaban J connectivity index is 1.74. The van der Waals surface area contributed by atoms with Gasteiger partial charge in [-0.15, -0.1) is 0 Å². The topological polar surface area (TPSA) is 27.7 Å². The lowest BCUT2D eigenvalue weighted by Crippen LogP contribution is -2.15. The Morgan fingerprint density at radius 2 is 1.58 bits per heavy atom. The summed E-state index contributed by atoms with van der Waals surface area (Å²) in [7, 11) is 0. The van der Waals surface area contributed by atoms with Crippen LogP contribution in [0.4, 0.5) is 0 Å².